The zero-order valence-corrected chi connectivity index (χ0v) is 14.7. The highest BCUT2D eigenvalue weighted by molar-refractivity contribution is 9.11. The molecule has 1 N–H and O–H groups in total. The van der Waals surface area contributed by atoms with Gasteiger partial charge in [-0.15, -0.1) is 11.3 Å². The Morgan fingerprint density at radius 3 is 3.05 bits per heavy atom. The van der Waals surface area contributed by atoms with Gasteiger partial charge in [0, 0.05) is 36.9 Å². The lowest BCUT2D eigenvalue weighted by atomic mass is 10.0. The van der Waals surface area contributed by atoms with E-state index < -0.39 is 0 Å². The van der Waals surface area contributed by atoms with Gasteiger partial charge in [-0.2, -0.15) is 0 Å². The molecule has 6 heteroatoms. The van der Waals surface area contributed by atoms with E-state index in [0.29, 0.717) is 0 Å². The van der Waals surface area contributed by atoms with Gasteiger partial charge < -0.3 is 10.2 Å². The monoisotopic (exact) mass is 379 g/mol. The fraction of sp³-hybridized carbons (Fsp3) is 0.375. The van der Waals surface area contributed by atoms with Crippen molar-refractivity contribution in [3.05, 3.63) is 50.9 Å². The lowest BCUT2D eigenvalue weighted by Crippen LogP contribution is -2.49. The predicted octanol–water partition coefficient (Wildman–Crippen LogP) is 3.18. The molecule has 1 amide bonds. The van der Waals surface area contributed by atoms with Crippen molar-refractivity contribution in [1.82, 2.24) is 15.2 Å². The number of hydrogen-bond acceptors (Lipinski definition) is 4. The molecule has 1 fully saturated rings. The highest BCUT2D eigenvalue weighted by atomic mass is 79.9. The van der Waals surface area contributed by atoms with Gasteiger partial charge in [0.15, 0.2) is 0 Å². The Morgan fingerprint density at radius 2 is 2.36 bits per heavy atom. The average molecular weight is 380 g/mol. The van der Waals surface area contributed by atoms with Crippen molar-refractivity contribution in [1.29, 1.82) is 0 Å². The maximum absolute atomic E-state index is 13.0. The van der Waals surface area contributed by atoms with Crippen LogP contribution in [0.4, 0.5) is 0 Å². The van der Waals surface area contributed by atoms with Crippen LogP contribution < -0.4 is 5.32 Å². The molecule has 0 radical (unpaired) electrons. The van der Waals surface area contributed by atoms with Crippen LogP contribution >= 0.6 is 27.3 Å². The molecule has 116 valence electrons. The summed E-state index contributed by atoms with van der Waals surface area (Å²) in [4.78, 5) is 20.2. The Morgan fingerprint density at radius 1 is 1.50 bits per heavy atom. The molecule has 0 spiro atoms. The second-order valence-corrected chi connectivity index (χ2v) is 7.90. The number of halogens is 1. The van der Waals surface area contributed by atoms with Crippen LogP contribution in [0.15, 0.2) is 40.4 Å². The summed E-state index contributed by atoms with van der Waals surface area (Å²) in [5.74, 6) is 0.0678. The van der Waals surface area contributed by atoms with Gasteiger partial charge in [-0.1, -0.05) is 6.07 Å². The third kappa shape index (κ3) is 3.24. The van der Waals surface area contributed by atoms with Crippen molar-refractivity contribution in [2.24, 2.45) is 0 Å². The van der Waals surface area contributed by atoms with Crippen molar-refractivity contribution in [3.63, 3.8) is 0 Å². The Kier molecular flexibility index (Phi) is 4.90. The van der Waals surface area contributed by atoms with E-state index in [4.69, 9.17) is 0 Å². The minimum atomic E-state index is -0.117. The zero-order chi connectivity index (χ0) is 15.5. The molecule has 1 aliphatic heterocycles. The summed E-state index contributed by atoms with van der Waals surface area (Å²) in [6.45, 7) is 4.33. The van der Waals surface area contributed by atoms with Crippen LogP contribution in [-0.4, -0.2) is 35.4 Å². The molecule has 3 heterocycles. The fourth-order valence-electron chi connectivity index (χ4n) is 2.77. The number of carbonyl (C=O) groups excluding carboxylic acids is 1. The van der Waals surface area contributed by atoms with E-state index in [1.807, 2.05) is 42.3 Å². The van der Waals surface area contributed by atoms with E-state index in [1.54, 1.807) is 17.5 Å². The number of hydrogen-bond donors (Lipinski definition) is 1. The first kappa shape index (κ1) is 15.6. The smallest absolute Gasteiger partial charge is 0.231 e. The highest BCUT2D eigenvalue weighted by Crippen LogP contribution is 2.32. The molecule has 0 bridgehead atoms. The predicted molar refractivity (Wildman–Crippen MR) is 92.0 cm³/mol. The maximum atomic E-state index is 13.0. The molecule has 2 aromatic rings. The maximum Gasteiger partial charge on any atom is 0.231 e. The number of rotatable bonds is 3. The average Bonchev–Trinajstić information content (AvgIpc) is 3.01. The molecule has 1 aliphatic rings. The zero-order valence-electron chi connectivity index (χ0n) is 12.3. The van der Waals surface area contributed by atoms with Crippen LogP contribution in [0.2, 0.25) is 0 Å². The summed E-state index contributed by atoms with van der Waals surface area (Å²) in [6, 6.07) is 8.04. The summed E-state index contributed by atoms with van der Waals surface area (Å²) in [5.41, 5.74) is 1.09. The van der Waals surface area contributed by atoms with Gasteiger partial charge in [0.2, 0.25) is 5.91 Å². The van der Waals surface area contributed by atoms with Gasteiger partial charge in [-0.3, -0.25) is 9.78 Å². The molecule has 0 aliphatic carbocycles. The molecule has 2 unspecified atom stereocenters. The molecule has 4 nitrogen and oxygen atoms in total. The second kappa shape index (κ2) is 6.89. The number of nitrogens with one attached hydrogen (secondary N) is 1. The van der Waals surface area contributed by atoms with E-state index in [2.05, 4.69) is 26.2 Å². The van der Waals surface area contributed by atoms with E-state index >= 15 is 0 Å². The molecule has 0 saturated carbocycles. The topological polar surface area (TPSA) is 45.2 Å². The van der Waals surface area contributed by atoms with Gasteiger partial charge in [0.25, 0.3) is 0 Å². The van der Waals surface area contributed by atoms with E-state index in [9.17, 15) is 4.79 Å². The minimum absolute atomic E-state index is 0.0563. The summed E-state index contributed by atoms with van der Waals surface area (Å²) in [5, 5.41) is 3.37. The van der Waals surface area contributed by atoms with Crippen LogP contribution in [-0.2, 0) is 4.79 Å². The Hall–Kier alpha value is -1.24. The molecular weight excluding hydrogens is 362 g/mol. The number of thiophene rings is 1. The summed E-state index contributed by atoms with van der Waals surface area (Å²) in [7, 11) is 0. The molecule has 22 heavy (non-hydrogen) atoms. The standard InChI is InChI=1S/C16H18BrN3OS/c1-11(14-4-5-15(17)22-14)16(21)20-8-7-19-10-13(20)12-3-2-6-18-9-12/h2-6,9,11,13,19H,7-8,10H2,1H3. The first-order valence-electron chi connectivity index (χ1n) is 7.33. The van der Waals surface area contributed by atoms with Gasteiger partial charge in [-0.05, 0) is 46.6 Å². The summed E-state index contributed by atoms with van der Waals surface area (Å²) in [6.07, 6.45) is 3.61. The number of pyridine rings is 1. The lowest BCUT2D eigenvalue weighted by Gasteiger charge is -2.37. The van der Waals surface area contributed by atoms with Crippen LogP contribution in [0.5, 0.6) is 0 Å². The SMILES string of the molecule is CC(C(=O)N1CCNCC1c1cccnc1)c1ccc(Br)s1. The third-order valence-electron chi connectivity index (χ3n) is 3.99. The quantitative estimate of drug-likeness (QED) is 0.890. The molecule has 2 atom stereocenters. The first-order valence-corrected chi connectivity index (χ1v) is 8.94. The molecule has 3 rings (SSSR count). The van der Waals surface area contributed by atoms with Crippen LogP contribution in [0, 0.1) is 0 Å². The van der Waals surface area contributed by atoms with Crippen molar-refractivity contribution < 1.29 is 4.79 Å². The molecule has 2 aromatic heterocycles. The summed E-state index contributed by atoms with van der Waals surface area (Å²) >= 11 is 5.10. The highest BCUT2D eigenvalue weighted by Gasteiger charge is 2.31. The largest absolute Gasteiger partial charge is 0.332 e. The molecule has 0 aromatic carbocycles. The van der Waals surface area contributed by atoms with Crippen molar-refractivity contribution in [3.8, 4) is 0 Å². The number of aromatic nitrogens is 1. The second-order valence-electron chi connectivity index (χ2n) is 5.40. The van der Waals surface area contributed by atoms with Crippen LogP contribution in [0.1, 0.15) is 29.3 Å². The third-order valence-corrected chi connectivity index (χ3v) is 5.79. The minimum Gasteiger partial charge on any atom is -0.332 e. The van der Waals surface area contributed by atoms with Gasteiger partial charge >= 0.3 is 0 Å². The van der Waals surface area contributed by atoms with Crippen LogP contribution in [0.25, 0.3) is 0 Å². The van der Waals surface area contributed by atoms with E-state index in [0.717, 1.165) is 33.9 Å². The van der Waals surface area contributed by atoms with Crippen molar-refractivity contribution in [2.45, 2.75) is 18.9 Å². The van der Waals surface area contributed by atoms with Gasteiger partial charge in [0.05, 0.1) is 15.7 Å². The fourth-order valence-corrected chi connectivity index (χ4v) is 4.24. The number of carbonyl (C=O) groups is 1. The van der Waals surface area contributed by atoms with Crippen LogP contribution in [0.3, 0.4) is 0 Å². The van der Waals surface area contributed by atoms with Crippen molar-refractivity contribution in [2.75, 3.05) is 19.6 Å². The molecular formula is C16H18BrN3OS. The molecule has 1 saturated heterocycles. The Labute approximate surface area is 142 Å². The Balaban J connectivity index is 1.82. The van der Waals surface area contributed by atoms with Gasteiger partial charge in [-0.25, -0.2) is 0 Å². The Bertz CT molecular complexity index is 646. The van der Waals surface area contributed by atoms with Crippen molar-refractivity contribution >= 4 is 33.2 Å². The number of nitrogens with zero attached hydrogens (tertiary/aromatic N) is 2. The summed E-state index contributed by atoms with van der Waals surface area (Å²) < 4.78 is 1.06. The first-order chi connectivity index (χ1) is 10.7. The normalized spacial score (nSPS) is 19.9. The van der Waals surface area contributed by atoms with E-state index in [-0.39, 0.29) is 17.9 Å². The number of piperazine rings is 1. The van der Waals surface area contributed by atoms with Gasteiger partial charge in [0.1, 0.15) is 0 Å². The number of amides is 1. The van der Waals surface area contributed by atoms with E-state index in [1.165, 1.54) is 0 Å². The lowest BCUT2D eigenvalue weighted by molar-refractivity contribution is -0.135.